The van der Waals surface area contributed by atoms with Crippen molar-refractivity contribution in [2.75, 3.05) is 23.8 Å². The lowest BCUT2D eigenvalue weighted by atomic mass is 9.99. The molecule has 0 unspecified atom stereocenters. The van der Waals surface area contributed by atoms with Crippen molar-refractivity contribution in [2.24, 2.45) is 5.92 Å². The van der Waals surface area contributed by atoms with Gasteiger partial charge in [0.2, 0.25) is 11.9 Å². The van der Waals surface area contributed by atoms with E-state index in [9.17, 15) is 18.4 Å². The zero-order valence-corrected chi connectivity index (χ0v) is 16.9. The van der Waals surface area contributed by atoms with E-state index in [1.54, 1.807) is 0 Å². The largest absolute Gasteiger partial charge is 0.433 e. The first-order chi connectivity index (χ1) is 14.9. The molecule has 1 saturated carbocycles. The van der Waals surface area contributed by atoms with Crippen LogP contribution in [0.2, 0.25) is 5.02 Å². The van der Waals surface area contributed by atoms with Crippen molar-refractivity contribution in [3.05, 3.63) is 22.7 Å². The molecule has 2 N–H and O–H groups in total. The summed E-state index contributed by atoms with van der Waals surface area (Å²) in [5.41, 5.74) is -0.260. The van der Waals surface area contributed by atoms with Gasteiger partial charge in [0.15, 0.2) is 5.75 Å². The van der Waals surface area contributed by atoms with Crippen LogP contribution in [0.1, 0.15) is 42.1 Å². The summed E-state index contributed by atoms with van der Waals surface area (Å²) < 4.78 is 36.9. The van der Waals surface area contributed by atoms with Gasteiger partial charge in [-0.05, 0) is 48.2 Å². The maximum absolute atomic E-state index is 12.9. The molecule has 13 heteroatoms. The fraction of sp³-hybridized carbons (Fsp3) is 0.500. The Morgan fingerprint density at radius 1 is 1.19 bits per heavy atom. The van der Waals surface area contributed by atoms with E-state index in [4.69, 9.17) is 16.3 Å². The minimum Gasteiger partial charge on any atom is -0.433 e. The lowest BCUT2D eigenvalue weighted by Gasteiger charge is -2.22. The van der Waals surface area contributed by atoms with Crippen LogP contribution in [-0.2, 0) is 9.53 Å². The second kappa shape index (κ2) is 9.10. The van der Waals surface area contributed by atoms with E-state index in [1.165, 1.54) is 10.7 Å². The van der Waals surface area contributed by atoms with Crippen LogP contribution >= 0.6 is 11.6 Å². The van der Waals surface area contributed by atoms with Gasteiger partial charge in [0, 0.05) is 19.1 Å². The second-order valence-corrected chi connectivity index (χ2v) is 7.56. The molecule has 1 saturated heterocycles. The Kier molecular flexibility index (Phi) is 6.28. The van der Waals surface area contributed by atoms with Crippen molar-refractivity contribution < 1.29 is 27.8 Å². The molecular weight excluding hydrogens is 438 g/mol. The highest BCUT2D eigenvalue weighted by atomic mass is 35.5. The van der Waals surface area contributed by atoms with Gasteiger partial charge in [-0.2, -0.15) is 8.78 Å². The highest BCUT2D eigenvalue weighted by molar-refractivity contribution is 6.37. The first-order valence-electron chi connectivity index (χ1n) is 9.69. The van der Waals surface area contributed by atoms with Crippen LogP contribution in [0, 0.1) is 5.92 Å². The fourth-order valence-corrected chi connectivity index (χ4v) is 3.53. The summed E-state index contributed by atoms with van der Waals surface area (Å²) in [5.74, 6) is -1.65. The SMILES string of the molecule is O=C(Nc1nnnn1C1CC1)c1ccc(OC(F)F)c(NC(=O)C2CCOCC2)c1Cl. The Morgan fingerprint density at radius 2 is 1.94 bits per heavy atom. The molecule has 0 bridgehead atoms. The second-order valence-electron chi connectivity index (χ2n) is 7.19. The number of hydrogen-bond donors (Lipinski definition) is 2. The number of carbonyl (C=O) groups is 2. The molecule has 166 valence electrons. The number of halogens is 3. The molecule has 0 atom stereocenters. The van der Waals surface area contributed by atoms with Crippen molar-refractivity contribution in [3.63, 3.8) is 0 Å². The molecule has 2 amide bonds. The van der Waals surface area contributed by atoms with Crippen molar-refractivity contribution >= 4 is 35.1 Å². The Bertz CT molecular complexity index is 978. The van der Waals surface area contributed by atoms with Crippen molar-refractivity contribution in [3.8, 4) is 5.75 Å². The molecule has 2 heterocycles. The van der Waals surface area contributed by atoms with Gasteiger partial charge in [-0.25, -0.2) is 4.68 Å². The molecule has 2 aliphatic rings. The van der Waals surface area contributed by atoms with Crippen LogP contribution in [0.5, 0.6) is 5.75 Å². The molecule has 4 rings (SSSR count). The number of alkyl halides is 2. The van der Waals surface area contributed by atoms with E-state index in [0.717, 1.165) is 18.9 Å². The molecule has 31 heavy (non-hydrogen) atoms. The van der Waals surface area contributed by atoms with Crippen LogP contribution < -0.4 is 15.4 Å². The van der Waals surface area contributed by atoms with Crippen LogP contribution in [0.25, 0.3) is 0 Å². The standard InChI is InChI=1S/C18H19ClF2N6O4/c19-13-11(16(29)23-18-24-25-26-27(18)10-1-2-10)3-4-12(31-17(20)21)14(13)22-15(28)9-5-7-30-8-6-9/h3-4,9-10,17H,1-2,5-8H2,(H,22,28)(H,23,24,26,29). The Balaban J connectivity index is 1.59. The first kappa shape index (κ1) is 21.4. The molecule has 10 nitrogen and oxygen atoms in total. The Labute approximate surface area is 180 Å². The summed E-state index contributed by atoms with van der Waals surface area (Å²) in [7, 11) is 0. The van der Waals surface area contributed by atoms with Crippen molar-refractivity contribution in [1.82, 2.24) is 20.2 Å². The highest BCUT2D eigenvalue weighted by Crippen LogP contribution is 2.38. The number of nitrogens with one attached hydrogen (secondary N) is 2. The third-order valence-corrected chi connectivity index (χ3v) is 5.41. The predicted octanol–water partition coefficient (Wildman–Crippen LogP) is 2.88. The summed E-state index contributed by atoms with van der Waals surface area (Å²) in [6, 6.07) is 2.50. The summed E-state index contributed by atoms with van der Waals surface area (Å²) in [5, 5.41) is 16.0. The number of anilines is 2. The fourth-order valence-electron chi connectivity index (χ4n) is 3.24. The van der Waals surface area contributed by atoms with E-state index >= 15 is 0 Å². The molecule has 0 radical (unpaired) electrons. The van der Waals surface area contributed by atoms with E-state index in [-0.39, 0.29) is 39.9 Å². The van der Waals surface area contributed by atoms with Gasteiger partial charge in [0.25, 0.3) is 5.91 Å². The third kappa shape index (κ3) is 4.90. The van der Waals surface area contributed by atoms with Crippen LogP contribution in [0.4, 0.5) is 20.4 Å². The van der Waals surface area contributed by atoms with Crippen molar-refractivity contribution in [1.29, 1.82) is 0 Å². The number of tetrazole rings is 1. The monoisotopic (exact) mass is 456 g/mol. The number of ether oxygens (including phenoxy) is 2. The van der Waals surface area contributed by atoms with Crippen LogP contribution in [-0.4, -0.2) is 51.8 Å². The first-order valence-corrected chi connectivity index (χ1v) is 10.1. The Morgan fingerprint density at radius 3 is 2.61 bits per heavy atom. The summed E-state index contributed by atoms with van der Waals surface area (Å²) in [4.78, 5) is 25.4. The Hall–Kier alpha value is -2.86. The maximum Gasteiger partial charge on any atom is 0.387 e. The summed E-state index contributed by atoms with van der Waals surface area (Å²) in [6.07, 6.45) is 2.77. The molecule has 1 aliphatic heterocycles. The number of aromatic nitrogens is 4. The van der Waals surface area contributed by atoms with Crippen LogP contribution in [0.3, 0.4) is 0 Å². The van der Waals surface area contributed by atoms with Gasteiger partial charge in [0.1, 0.15) is 5.69 Å². The number of hydrogen-bond acceptors (Lipinski definition) is 7. The minimum absolute atomic E-state index is 0.0593. The summed E-state index contributed by atoms with van der Waals surface area (Å²) >= 11 is 6.35. The van der Waals surface area contributed by atoms with E-state index in [0.29, 0.717) is 26.1 Å². The maximum atomic E-state index is 12.9. The highest BCUT2D eigenvalue weighted by Gasteiger charge is 2.30. The van der Waals surface area contributed by atoms with Gasteiger partial charge in [-0.1, -0.05) is 16.7 Å². The number of nitrogens with zero attached hydrogens (tertiary/aromatic N) is 4. The smallest absolute Gasteiger partial charge is 0.387 e. The predicted molar refractivity (Wildman–Crippen MR) is 104 cm³/mol. The molecule has 2 fully saturated rings. The number of carbonyl (C=O) groups excluding carboxylic acids is 2. The van der Waals surface area contributed by atoms with Crippen molar-refractivity contribution in [2.45, 2.75) is 38.3 Å². The van der Waals surface area contributed by atoms with Crippen LogP contribution in [0.15, 0.2) is 12.1 Å². The number of amides is 2. The molecular formula is C18H19ClF2N6O4. The van der Waals surface area contributed by atoms with E-state index in [2.05, 4.69) is 30.9 Å². The van der Waals surface area contributed by atoms with Gasteiger partial charge < -0.3 is 14.8 Å². The quantitative estimate of drug-likeness (QED) is 0.657. The summed E-state index contributed by atoms with van der Waals surface area (Å²) in [6.45, 7) is -2.30. The normalized spacial score (nSPS) is 16.9. The molecule has 0 spiro atoms. The molecule has 2 aromatic rings. The molecule has 1 aromatic carbocycles. The average Bonchev–Trinajstić information content (AvgIpc) is 3.49. The lowest BCUT2D eigenvalue weighted by Crippen LogP contribution is -2.29. The molecule has 1 aliphatic carbocycles. The van der Waals surface area contributed by atoms with Gasteiger partial charge in [0.05, 0.1) is 16.6 Å². The number of rotatable bonds is 7. The zero-order chi connectivity index (χ0) is 22.0. The third-order valence-electron chi connectivity index (χ3n) is 5.02. The van der Waals surface area contributed by atoms with E-state index < -0.39 is 18.4 Å². The number of benzene rings is 1. The van der Waals surface area contributed by atoms with Gasteiger partial charge in [-0.15, -0.1) is 0 Å². The average molecular weight is 457 g/mol. The minimum atomic E-state index is -3.14. The van der Waals surface area contributed by atoms with Gasteiger partial charge in [-0.3, -0.25) is 14.9 Å². The lowest BCUT2D eigenvalue weighted by molar-refractivity contribution is -0.122. The zero-order valence-electron chi connectivity index (χ0n) is 16.2. The van der Waals surface area contributed by atoms with E-state index in [1.807, 2.05) is 0 Å². The topological polar surface area (TPSA) is 120 Å². The van der Waals surface area contributed by atoms with Gasteiger partial charge >= 0.3 is 6.61 Å². The molecule has 1 aromatic heterocycles.